The molecule has 2 rings (SSSR count). The number of hydrogen-bond donors (Lipinski definition) is 0. The normalized spacial score (nSPS) is 18.0. The van der Waals surface area contributed by atoms with Crippen LogP contribution in [0.5, 0.6) is 0 Å². The van der Waals surface area contributed by atoms with Crippen LogP contribution in [-0.4, -0.2) is 45.1 Å². The van der Waals surface area contributed by atoms with Crippen molar-refractivity contribution >= 4 is 21.6 Å². The van der Waals surface area contributed by atoms with Crippen LogP contribution in [0.4, 0.5) is 5.69 Å². The van der Waals surface area contributed by atoms with E-state index in [9.17, 15) is 13.2 Å². The minimum absolute atomic E-state index is 0.0274. The van der Waals surface area contributed by atoms with Crippen LogP contribution < -0.4 is 4.31 Å². The van der Waals surface area contributed by atoms with Gasteiger partial charge in [-0.05, 0) is 30.7 Å². The van der Waals surface area contributed by atoms with Gasteiger partial charge < -0.3 is 4.90 Å². The van der Waals surface area contributed by atoms with Gasteiger partial charge in [0.1, 0.15) is 0 Å². The van der Waals surface area contributed by atoms with E-state index in [0.717, 1.165) is 12.7 Å². The standard InChI is InChI=1S/C15H20N2O3S/c1-4-13-6-5-11-17(13)15(18)12-7-9-14(10-8-12)16(2)21(3,19)20/h5-10,13H,4,11H2,1-3H3. The summed E-state index contributed by atoms with van der Waals surface area (Å²) in [6, 6.07) is 6.79. The molecule has 0 aliphatic carbocycles. The maximum absolute atomic E-state index is 12.4. The van der Waals surface area contributed by atoms with Crippen molar-refractivity contribution in [3.8, 4) is 0 Å². The van der Waals surface area contributed by atoms with Gasteiger partial charge in [-0.1, -0.05) is 19.1 Å². The molecule has 0 saturated carbocycles. The second-order valence-corrected chi connectivity index (χ2v) is 7.15. The minimum atomic E-state index is -3.29. The van der Waals surface area contributed by atoms with Crippen molar-refractivity contribution in [2.75, 3.05) is 24.2 Å². The van der Waals surface area contributed by atoms with Crippen LogP contribution in [0.3, 0.4) is 0 Å². The molecule has 1 amide bonds. The van der Waals surface area contributed by atoms with Crippen LogP contribution in [0.15, 0.2) is 36.4 Å². The first kappa shape index (κ1) is 15.6. The van der Waals surface area contributed by atoms with Crippen molar-refractivity contribution in [3.05, 3.63) is 42.0 Å². The van der Waals surface area contributed by atoms with Crippen LogP contribution in [0.2, 0.25) is 0 Å². The van der Waals surface area contributed by atoms with Crippen molar-refractivity contribution in [2.24, 2.45) is 0 Å². The lowest BCUT2D eigenvalue weighted by atomic mass is 10.1. The number of amides is 1. The van der Waals surface area contributed by atoms with E-state index in [0.29, 0.717) is 17.8 Å². The van der Waals surface area contributed by atoms with E-state index < -0.39 is 10.0 Å². The van der Waals surface area contributed by atoms with Crippen molar-refractivity contribution in [2.45, 2.75) is 19.4 Å². The predicted octanol–water partition coefficient (Wildman–Crippen LogP) is 1.87. The summed E-state index contributed by atoms with van der Waals surface area (Å²) in [5, 5.41) is 0. The third-order valence-corrected chi connectivity index (χ3v) is 4.92. The van der Waals surface area contributed by atoms with Gasteiger partial charge in [-0.3, -0.25) is 9.10 Å². The molecular formula is C15H20N2O3S. The molecule has 21 heavy (non-hydrogen) atoms. The van der Waals surface area contributed by atoms with E-state index in [2.05, 4.69) is 0 Å². The third-order valence-electron chi connectivity index (χ3n) is 3.72. The fourth-order valence-corrected chi connectivity index (χ4v) is 2.84. The summed E-state index contributed by atoms with van der Waals surface area (Å²) in [6.45, 7) is 2.67. The molecule has 0 radical (unpaired) electrons. The molecule has 0 saturated heterocycles. The van der Waals surface area contributed by atoms with Crippen LogP contribution >= 0.6 is 0 Å². The van der Waals surface area contributed by atoms with Gasteiger partial charge in [-0.25, -0.2) is 8.42 Å². The van der Waals surface area contributed by atoms with E-state index in [4.69, 9.17) is 0 Å². The molecule has 0 aromatic heterocycles. The number of carbonyl (C=O) groups excluding carboxylic acids is 1. The van der Waals surface area contributed by atoms with Gasteiger partial charge in [0, 0.05) is 19.2 Å². The highest BCUT2D eigenvalue weighted by Gasteiger charge is 2.24. The highest BCUT2D eigenvalue weighted by atomic mass is 32.2. The Morgan fingerprint density at radius 2 is 1.95 bits per heavy atom. The lowest BCUT2D eigenvalue weighted by Gasteiger charge is -2.24. The number of sulfonamides is 1. The molecule has 1 aromatic rings. The van der Waals surface area contributed by atoms with E-state index in [1.807, 2.05) is 24.0 Å². The second kappa shape index (κ2) is 5.89. The van der Waals surface area contributed by atoms with Gasteiger partial charge in [0.15, 0.2) is 0 Å². The molecule has 0 bridgehead atoms. The van der Waals surface area contributed by atoms with Gasteiger partial charge in [-0.2, -0.15) is 0 Å². The van der Waals surface area contributed by atoms with Gasteiger partial charge >= 0.3 is 0 Å². The zero-order valence-electron chi connectivity index (χ0n) is 12.5. The summed E-state index contributed by atoms with van der Waals surface area (Å²) < 4.78 is 24.2. The fraction of sp³-hybridized carbons (Fsp3) is 0.400. The zero-order chi connectivity index (χ0) is 15.6. The first-order chi connectivity index (χ1) is 9.84. The zero-order valence-corrected chi connectivity index (χ0v) is 13.3. The second-order valence-electron chi connectivity index (χ2n) is 5.14. The Hall–Kier alpha value is -1.82. The summed E-state index contributed by atoms with van der Waals surface area (Å²) in [6.07, 6.45) is 6.08. The quantitative estimate of drug-likeness (QED) is 0.798. The Kier molecular flexibility index (Phi) is 4.37. The molecule has 6 heteroatoms. The maximum atomic E-state index is 12.4. The number of hydrogen-bond acceptors (Lipinski definition) is 3. The molecule has 1 atom stereocenters. The van der Waals surface area contributed by atoms with Crippen LogP contribution in [0, 0.1) is 0 Å². The molecular weight excluding hydrogens is 288 g/mol. The monoisotopic (exact) mass is 308 g/mol. The highest BCUT2D eigenvalue weighted by Crippen LogP contribution is 2.20. The molecule has 0 N–H and O–H groups in total. The highest BCUT2D eigenvalue weighted by molar-refractivity contribution is 7.92. The molecule has 0 spiro atoms. The summed E-state index contributed by atoms with van der Waals surface area (Å²) in [5.74, 6) is -0.0274. The summed E-state index contributed by atoms with van der Waals surface area (Å²) in [7, 11) is -1.80. The third kappa shape index (κ3) is 3.26. The first-order valence-corrected chi connectivity index (χ1v) is 8.71. The molecule has 1 aliphatic rings. The molecule has 0 fully saturated rings. The average Bonchev–Trinajstić information content (AvgIpc) is 2.93. The minimum Gasteiger partial charge on any atom is -0.329 e. The Balaban J connectivity index is 2.18. The van der Waals surface area contributed by atoms with Crippen LogP contribution in [0.1, 0.15) is 23.7 Å². The average molecular weight is 308 g/mol. The number of rotatable bonds is 4. The van der Waals surface area contributed by atoms with Crippen molar-refractivity contribution < 1.29 is 13.2 Å². The molecule has 114 valence electrons. The SMILES string of the molecule is CCC1C=CCN1C(=O)c1ccc(N(C)S(C)(=O)=O)cc1. The van der Waals surface area contributed by atoms with Crippen LogP contribution in [-0.2, 0) is 10.0 Å². The Morgan fingerprint density at radius 1 is 1.33 bits per heavy atom. The number of nitrogens with zero attached hydrogens (tertiary/aromatic N) is 2. The topological polar surface area (TPSA) is 57.7 Å². The van der Waals surface area contributed by atoms with Crippen LogP contribution in [0.25, 0.3) is 0 Å². The molecule has 1 heterocycles. The van der Waals surface area contributed by atoms with E-state index >= 15 is 0 Å². The molecule has 1 aliphatic heterocycles. The Labute approximate surface area is 125 Å². The van der Waals surface area contributed by atoms with Crippen molar-refractivity contribution in [3.63, 3.8) is 0 Å². The van der Waals surface area contributed by atoms with E-state index in [-0.39, 0.29) is 11.9 Å². The Morgan fingerprint density at radius 3 is 2.48 bits per heavy atom. The van der Waals surface area contributed by atoms with E-state index in [1.54, 1.807) is 24.3 Å². The summed E-state index contributed by atoms with van der Waals surface area (Å²) >= 11 is 0. The first-order valence-electron chi connectivity index (χ1n) is 6.86. The molecule has 1 unspecified atom stereocenters. The number of anilines is 1. The number of benzene rings is 1. The molecule has 5 nitrogen and oxygen atoms in total. The number of carbonyl (C=O) groups is 1. The predicted molar refractivity (Wildman–Crippen MR) is 83.9 cm³/mol. The van der Waals surface area contributed by atoms with Crippen molar-refractivity contribution in [1.82, 2.24) is 4.90 Å². The lowest BCUT2D eigenvalue weighted by molar-refractivity contribution is 0.0747. The van der Waals surface area contributed by atoms with E-state index in [1.165, 1.54) is 11.4 Å². The fourth-order valence-electron chi connectivity index (χ4n) is 2.33. The van der Waals surface area contributed by atoms with Crippen molar-refractivity contribution in [1.29, 1.82) is 0 Å². The summed E-state index contributed by atoms with van der Waals surface area (Å²) in [4.78, 5) is 14.3. The van der Waals surface area contributed by atoms with Gasteiger partial charge in [0.05, 0.1) is 18.0 Å². The van der Waals surface area contributed by atoms with Gasteiger partial charge in [0.25, 0.3) is 5.91 Å². The Bertz CT molecular complexity index is 650. The maximum Gasteiger partial charge on any atom is 0.254 e. The lowest BCUT2D eigenvalue weighted by Crippen LogP contribution is -2.35. The van der Waals surface area contributed by atoms with Gasteiger partial charge in [-0.15, -0.1) is 0 Å². The smallest absolute Gasteiger partial charge is 0.254 e. The largest absolute Gasteiger partial charge is 0.329 e. The molecule has 1 aromatic carbocycles. The van der Waals surface area contributed by atoms with Gasteiger partial charge in [0.2, 0.25) is 10.0 Å². The summed E-state index contributed by atoms with van der Waals surface area (Å²) in [5.41, 5.74) is 1.11.